The van der Waals surface area contributed by atoms with E-state index in [2.05, 4.69) is 10.6 Å². The average molecular weight is 374 g/mol. The van der Waals surface area contributed by atoms with E-state index in [0.717, 1.165) is 0 Å². The lowest BCUT2D eigenvalue weighted by Gasteiger charge is -2.30. The number of nitrogens with zero attached hydrogens (tertiary/aromatic N) is 1. The molecular formula is C15H23N3O4S2. The standard InChI is InChI=1S/C15H23N3O4S2/c1-3-16-14(19)11(2)17-15(20)12-6-8-18(9-7-12)24(21,22)13-5-4-10-23-13/h4-5,10-12H,3,6-9H2,1-2H3,(H,16,19)(H,17,20)/t11-/m1/s1. The number of piperidine rings is 1. The number of thiophene rings is 1. The second-order valence-corrected chi connectivity index (χ2v) is 8.85. The molecule has 0 bridgehead atoms. The molecule has 0 spiro atoms. The number of nitrogens with one attached hydrogen (secondary N) is 2. The van der Waals surface area contributed by atoms with Crippen molar-refractivity contribution in [2.24, 2.45) is 5.92 Å². The van der Waals surface area contributed by atoms with Crippen LogP contribution in [0.25, 0.3) is 0 Å². The van der Waals surface area contributed by atoms with E-state index >= 15 is 0 Å². The van der Waals surface area contributed by atoms with Gasteiger partial charge in [-0.15, -0.1) is 11.3 Å². The predicted octanol–water partition coefficient (Wildman–Crippen LogP) is 0.790. The van der Waals surface area contributed by atoms with Gasteiger partial charge in [0.1, 0.15) is 10.3 Å². The zero-order valence-electron chi connectivity index (χ0n) is 13.8. The molecule has 1 aliphatic rings. The quantitative estimate of drug-likeness (QED) is 0.771. The first-order valence-corrected chi connectivity index (χ1v) is 10.3. The van der Waals surface area contributed by atoms with Crippen molar-refractivity contribution >= 4 is 33.2 Å². The van der Waals surface area contributed by atoms with E-state index in [0.29, 0.717) is 36.7 Å². The molecule has 9 heteroatoms. The molecule has 1 aliphatic heterocycles. The topological polar surface area (TPSA) is 95.6 Å². The van der Waals surface area contributed by atoms with Gasteiger partial charge in [0.25, 0.3) is 10.0 Å². The van der Waals surface area contributed by atoms with E-state index < -0.39 is 16.1 Å². The Kier molecular flexibility index (Phi) is 6.36. The van der Waals surface area contributed by atoms with E-state index in [-0.39, 0.29) is 17.7 Å². The lowest BCUT2D eigenvalue weighted by Crippen LogP contribution is -2.49. The largest absolute Gasteiger partial charge is 0.355 e. The van der Waals surface area contributed by atoms with E-state index in [1.807, 2.05) is 6.92 Å². The number of likely N-dealkylation sites (N-methyl/N-ethyl adjacent to an activating group) is 1. The molecule has 1 aromatic rings. The number of carbonyl (C=O) groups excluding carboxylic acids is 2. The second kappa shape index (κ2) is 8.09. The molecule has 2 N–H and O–H groups in total. The Morgan fingerprint density at radius 2 is 2.04 bits per heavy atom. The van der Waals surface area contributed by atoms with Gasteiger partial charge >= 0.3 is 0 Å². The zero-order chi connectivity index (χ0) is 17.7. The minimum atomic E-state index is -3.46. The monoisotopic (exact) mass is 373 g/mol. The summed E-state index contributed by atoms with van der Waals surface area (Å²) in [4.78, 5) is 23.9. The summed E-state index contributed by atoms with van der Waals surface area (Å²) in [6, 6.07) is 2.71. The first kappa shape index (κ1) is 18.9. The van der Waals surface area contributed by atoms with Crippen molar-refractivity contribution < 1.29 is 18.0 Å². The number of amides is 2. The number of hydrogen-bond donors (Lipinski definition) is 2. The molecule has 0 saturated carbocycles. The first-order valence-electron chi connectivity index (χ1n) is 7.98. The Labute approximate surface area is 146 Å². The van der Waals surface area contributed by atoms with Gasteiger partial charge in [-0.3, -0.25) is 9.59 Å². The van der Waals surface area contributed by atoms with Gasteiger partial charge in [0.15, 0.2) is 0 Å². The van der Waals surface area contributed by atoms with Crippen LogP contribution in [0.3, 0.4) is 0 Å². The highest BCUT2D eigenvalue weighted by molar-refractivity contribution is 7.91. The maximum Gasteiger partial charge on any atom is 0.252 e. The zero-order valence-corrected chi connectivity index (χ0v) is 15.5. The first-order chi connectivity index (χ1) is 11.4. The minimum absolute atomic E-state index is 0.193. The molecule has 0 unspecified atom stereocenters. The molecule has 1 fully saturated rings. The molecule has 24 heavy (non-hydrogen) atoms. The summed E-state index contributed by atoms with van der Waals surface area (Å²) in [5, 5.41) is 7.09. The van der Waals surface area contributed by atoms with Crippen molar-refractivity contribution in [3.05, 3.63) is 17.5 Å². The van der Waals surface area contributed by atoms with Crippen LogP contribution in [0.5, 0.6) is 0 Å². The predicted molar refractivity (Wildman–Crippen MR) is 92.1 cm³/mol. The fourth-order valence-electron chi connectivity index (χ4n) is 2.62. The van der Waals surface area contributed by atoms with E-state index in [9.17, 15) is 18.0 Å². The Morgan fingerprint density at radius 3 is 2.58 bits per heavy atom. The van der Waals surface area contributed by atoms with E-state index in [4.69, 9.17) is 0 Å². The third kappa shape index (κ3) is 4.34. The van der Waals surface area contributed by atoms with Crippen LogP contribution in [0.4, 0.5) is 0 Å². The van der Waals surface area contributed by atoms with Gasteiger partial charge in [-0.2, -0.15) is 4.31 Å². The smallest absolute Gasteiger partial charge is 0.252 e. The van der Waals surface area contributed by atoms with Crippen molar-refractivity contribution in [3.8, 4) is 0 Å². The molecule has 134 valence electrons. The molecule has 0 aromatic carbocycles. The summed E-state index contributed by atoms with van der Waals surface area (Å²) in [6.07, 6.45) is 0.914. The Morgan fingerprint density at radius 1 is 1.38 bits per heavy atom. The van der Waals surface area contributed by atoms with Crippen LogP contribution in [0, 0.1) is 5.92 Å². The van der Waals surface area contributed by atoms with Crippen molar-refractivity contribution in [3.63, 3.8) is 0 Å². The Hall–Kier alpha value is -1.45. The van der Waals surface area contributed by atoms with E-state index in [1.54, 1.807) is 24.4 Å². The molecule has 2 heterocycles. The third-order valence-electron chi connectivity index (χ3n) is 4.02. The Balaban J connectivity index is 1.88. The number of sulfonamides is 1. The summed E-state index contributed by atoms with van der Waals surface area (Å²) in [6.45, 7) is 4.59. The molecule has 1 atom stereocenters. The van der Waals surface area contributed by atoms with Crippen LogP contribution in [0.15, 0.2) is 21.7 Å². The lowest BCUT2D eigenvalue weighted by atomic mass is 9.97. The number of carbonyl (C=O) groups is 2. The molecule has 0 radical (unpaired) electrons. The van der Waals surface area contributed by atoms with Crippen LogP contribution >= 0.6 is 11.3 Å². The van der Waals surface area contributed by atoms with Crippen molar-refractivity contribution in [2.75, 3.05) is 19.6 Å². The van der Waals surface area contributed by atoms with Crippen LogP contribution in [0.2, 0.25) is 0 Å². The highest BCUT2D eigenvalue weighted by atomic mass is 32.2. The normalized spacial score (nSPS) is 18.1. The minimum Gasteiger partial charge on any atom is -0.355 e. The van der Waals surface area contributed by atoms with Crippen molar-refractivity contribution in [1.29, 1.82) is 0 Å². The van der Waals surface area contributed by atoms with Crippen LogP contribution < -0.4 is 10.6 Å². The fourth-order valence-corrected chi connectivity index (χ4v) is 5.23. The van der Waals surface area contributed by atoms with Gasteiger partial charge < -0.3 is 10.6 Å². The molecule has 7 nitrogen and oxygen atoms in total. The molecule has 2 amide bonds. The van der Waals surface area contributed by atoms with Gasteiger partial charge in [0.2, 0.25) is 11.8 Å². The molecule has 1 aromatic heterocycles. The lowest BCUT2D eigenvalue weighted by molar-refractivity contribution is -0.131. The number of rotatable bonds is 6. The molecular weight excluding hydrogens is 350 g/mol. The molecule has 0 aliphatic carbocycles. The second-order valence-electron chi connectivity index (χ2n) is 5.74. The third-order valence-corrected chi connectivity index (χ3v) is 7.29. The highest BCUT2D eigenvalue weighted by Gasteiger charge is 2.33. The van der Waals surface area contributed by atoms with Gasteiger partial charge in [0, 0.05) is 25.6 Å². The number of hydrogen-bond acceptors (Lipinski definition) is 5. The van der Waals surface area contributed by atoms with Gasteiger partial charge in [-0.1, -0.05) is 6.07 Å². The van der Waals surface area contributed by atoms with Gasteiger partial charge in [-0.05, 0) is 38.1 Å². The summed E-state index contributed by atoms with van der Waals surface area (Å²) in [5.74, 6) is -0.679. The van der Waals surface area contributed by atoms with Crippen LogP contribution in [-0.4, -0.2) is 50.2 Å². The summed E-state index contributed by atoms with van der Waals surface area (Å²) < 4.78 is 26.6. The van der Waals surface area contributed by atoms with Gasteiger partial charge in [-0.25, -0.2) is 8.42 Å². The SMILES string of the molecule is CCNC(=O)[C@@H](C)NC(=O)C1CCN(S(=O)(=O)c2cccs2)CC1. The average Bonchev–Trinajstić information content (AvgIpc) is 3.10. The maximum absolute atomic E-state index is 12.4. The van der Waals surface area contributed by atoms with Crippen LogP contribution in [0.1, 0.15) is 26.7 Å². The van der Waals surface area contributed by atoms with Crippen molar-refractivity contribution in [2.45, 2.75) is 36.9 Å². The molecule has 1 saturated heterocycles. The van der Waals surface area contributed by atoms with Crippen LogP contribution in [-0.2, 0) is 19.6 Å². The summed E-state index contributed by atoms with van der Waals surface area (Å²) in [5.41, 5.74) is 0. The summed E-state index contributed by atoms with van der Waals surface area (Å²) in [7, 11) is -3.46. The fraction of sp³-hybridized carbons (Fsp3) is 0.600. The maximum atomic E-state index is 12.4. The Bertz CT molecular complexity index is 665. The van der Waals surface area contributed by atoms with E-state index in [1.165, 1.54) is 15.6 Å². The van der Waals surface area contributed by atoms with Gasteiger partial charge in [0.05, 0.1) is 0 Å². The summed E-state index contributed by atoms with van der Waals surface area (Å²) >= 11 is 1.19. The molecule has 2 rings (SSSR count). The van der Waals surface area contributed by atoms with Crippen molar-refractivity contribution in [1.82, 2.24) is 14.9 Å². The highest BCUT2D eigenvalue weighted by Crippen LogP contribution is 2.26.